The molecule has 7 heteroatoms. The zero-order valence-electron chi connectivity index (χ0n) is 15.8. The molecule has 26 heavy (non-hydrogen) atoms. The Morgan fingerprint density at radius 2 is 2.23 bits per heavy atom. The lowest BCUT2D eigenvalue weighted by Gasteiger charge is -2.17. The van der Waals surface area contributed by atoms with E-state index in [4.69, 9.17) is 4.98 Å². The molecule has 3 rings (SSSR count). The highest BCUT2D eigenvalue weighted by atomic mass is 32.2. The summed E-state index contributed by atoms with van der Waals surface area (Å²) in [6.45, 7) is 7.60. The minimum Gasteiger partial charge on any atom is -0.355 e. The number of nitrogens with zero attached hydrogens (tertiary/aromatic N) is 2. The van der Waals surface area contributed by atoms with Crippen LogP contribution in [0.4, 0.5) is 0 Å². The summed E-state index contributed by atoms with van der Waals surface area (Å²) in [6.07, 6.45) is 5.20. The Balaban J connectivity index is 1.87. The maximum atomic E-state index is 13.1. The maximum absolute atomic E-state index is 13.1. The molecule has 142 valence electrons. The number of carbonyl (C=O) groups excluding carboxylic acids is 1. The van der Waals surface area contributed by atoms with Crippen LogP contribution in [-0.4, -0.2) is 27.8 Å². The van der Waals surface area contributed by atoms with E-state index in [-0.39, 0.29) is 11.5 Å². The summed E-state index contributed by atoms with van der Waals surface area (Å²) in [5, 5.41) is 4.39. The van der Waals surface area contributed by atoms with Crippen LogP contribution in [0.1, 0.15) is 50.5 Å². The Labute approximate surface area is 162 Å². The molecule has 0 spiro atoms. The van der Waals surface area contributed by atoms with Gasteiger partial charge < -0.3 is 5.32 Å². The molecule has 2 aromatic rings. The molecule has 0 saturated carbocycles. The van der Waals surface area contributed by atoms with Gasteiger partial charge in [-0.05, 0) is 44.1 Å². The molecular weight excluding hydrogens is 366 g/mol. The van der Waals surface area contributed by atoms with Crippen LogP contribution in [-0.2, 0) is 24.2 Å². The largest absolute Gasteiger partial charge is 0.355 e. The normalized spacial score (nSPS) is 16.7. The number of nitrogens with one attached hydrogen (secondary N) is 1. The minimum atomic E-state index is -0.000234. The van der Waals surface area contributed by atoms with Crippen molar-refractivity contribution >= 4 is 39.2 Å². The van der Waals surface area contributed by atoms with Crippen molar-refractivity contribution in [3.63, 3.8) is 0 Å². The average molecular weight is 394 g/mol. The van der Waals surface area contributed by atoms with E-state index in [2.05, 4.69) is 19.2 Å². The van der Waals surface area contributed by atoms with E-state index in [9.17, 15) is 9.59 Å². The molecule has 1 atom stereocenters. The van der Waals surface area contributed by atoms with Crippen molar-refractivity contribution < 1.29 is 4.79 Å². The Morgan fingerprint density at radius 1 is 1.42 bits per heavy atom. The number of unbranched alkanes of at least 4 members (excludes halogenated alkanes) is 1. The first-order chi connectivity index (χ1) is 12.5. The van der Waals surface area contributed by atoms with Crippen LogP contribution in [0.15, 0.2) is 9.95 Å². The van der Waals surface area contributed by atoms with E-state index in [1.165, 1.54) is 22.2 Å². The number of hydrogen-bond acceptors (Lipinski definition) is 5. The summed E-state index contributed by atoms with van der Waals surface area (Å²) in [5.74, 6) is 0.966. The molecule has 5 nitrogen and oxygen atoms in total. The third-order valence-corrected chi connectivity index (χ3v) is 7.01. The Bertz CT molecular complexity index is 857. The summed E-state index contributed by atoms with van der Waals surface area (Å²) < 4.78 is 1.72. The second kappa shape index (κ2) is 8.57. The Morgan fingerprint density at radius 3 is 2.96 bits per heavy atom. The fourth-order valence-corrected chi connectivity index (χ4v) is 5.70. The van der Waals surface area contributed by atoms with Crippen LogP contribution in [0.2, 0.25) is 0 Å². The number of hydrogen-bond donors (Lipinski definition) is 1. The number of aromatic nitrogens is 2. The van der Waals surface area contributed by atoms with E-state index in [0.717, 1.165) is 42.3 Å². The van der Waals surface area contributed by atoms with Gasteiger partial charge in [0.1, 0.15) is 4.83 Å². The molecule has 0 radical (unpaired) electrons. The molecule has 2 aromatic heterocycles. The van der Waals surface area contributed by atoms with Gasteiger partial charge >= 0.3 is 0 Å². The number of fused-ring (bicyclic) bond motifs is 3. The number of carbonyl (C=O) groups is 1. The van der Waals surface area contributed by atoms with E-state index in [1.807, 2.05) is 6.92 Å². The molecule has 0 bridgehead atoms. The number of aryl methyl sites for hydroxylation is 1. The van der Waals surface area contributed by atoms with Crippen molar-refractivity contribution in [1.82, 2.24) is 14.9 Å². The zero-order valence-corrected chi connectivity index (χ0v) is 17.4. The number of thiophene rings is 1. The highest BCUT2D eigenvalue weighted by Crippen LogP contribution is 2.36. The van der Waals surface area contributed by atoms with Crippen molar-refractivity contribution in [2.24, 2.45) is 5.92 Å². The fraction of sp³-hybridized carbons (Fsp3) is 0.632. The van der Waals surface area contributed by atoms with Crippen molar-refractivity contribution in [3.8, 4) is 0 Å². The Hall–Kier alpha value is -1.34. The molecule has 1 amide bonds. The van der Waals surface area contributed by atoms with Crippen LogP contribution in [0.25, 0.3) is 10.2 Å². The lowest BCUT2D eigenvalue weighted by Crippen LogP contribution is -2.27. The predicted octanol–water partition coefficient (Wildman–Crippen LogP) is 3.61. The molecule has 2 heterocycles. The molecular formula is C19H27N3O2S2. The first-order valence-electron chi connectivity index (χ1n) is 9.49. The first-order valence-corrected chi connectivity index (χ1v) is 11.3. The van der Waals surface area contributed by atoms with Gasteiger partial charge in [-0.2, -0.15) is 0 Å². The van der Waals surface area contributed by atoms with Crippen LogP contribution in [0, 0.1) is 5.92 Å². The molecule has 1 aliphatic carbocycles. The predicted molar refractivity (Wildman–Crippen MR) is 109 cm³/mol. The van der Waals surface area contributed by atoms with Gasteiger partial charge in [-0.1, -0.05) is 32.0 Å². The average Bonchev–Trinajstić information content (AvgIpc) is 2.97. The van der Waals surface area contributed by atoms with Gasteiger partial charge in [-0.3, -0.25) is 14.2 Å². The monoisotopic (exact) mass is 393 g/mol. The number of thioether (sulfide) groups is 1. The van der Waals surface area contributed by atoms with Crippen molar-refractivity contribution in [2.75, 3.05) is 12.3 Å². The molecule has 0 aliphatic heterocycles. The fourth-order valence-electron chi connectivity index (χ4n) is 3.38. The zero-order chi connectivity index (χ0) is 18.7. The molecule has 1 N–H and O–H groups in total. The summed E-state index contributed by atoms with van der Waals surface area (Å²) in [7, 11) is 0. The highest BCUT2D eigenvalue weighted by Gasteiger charge is 2.24. The van der Waals surface area contributed by atoms with E-state index in [0.29, 0.717) is 29.9 Å². The van der Waals surface area contributed by atoms with Gasteiger partial charge in [0.05, 0.1) is 11.1 Å². The minimum absolute atomic E-state index is 0.000234. The molecule has 0 saturated heterocycles. The smallest absolute Gasteiger partial charge is 0.263 e. The first kappa shape index (κ1) is 19.4. The number of amides is 1. The second-order valence-electron chi connectivity index (χ2n) is 6.97. The second-order valence-corrected chi connectivity index (χ2v) is 8.99. The van der Waals surface area contributed by atoms with E-state index < -0.39 is 0 Å². The molecule has 0 aromatic carbocycles. The quantitative estimate of drug-likeness (QED) is 0.443. The third-order valence-electron chi connectivity index (χ3n) is 4.88. The van der Waals surface area contributed by atoms with Crippen molar-refractivity contribution in [1.29, 1.82) is 0 Å². The lowest BCUT2D eigenvalue weighted by atomic mass is 9.89. The molecule has 1 aliphatic rings. The van der Waals surface area contributed by atoms with Gasteiger partial charge in [0, 0.05) is 18.0 Å². The van der Waals surface area contributed by atoms with Crippen LogP contribution in [0.3, 0.4) is 0 Å². The van der Waals surface area contributed by atoms with Crippen LogP contribution < -0.4 is 10.9 Å². The lowest BCUT2D eigenvalue weighted by molar-refractivity contribution is -0.118. The standard InChI is InChI=1S/C19H27N3O2S2/c1-4-6-9-20-15(23)11-25-19-21-17-16(18(24)22(19)5-2)13-8-7-12(3)10-14(13)26-17/h12H,4-11H2,1-3H3,(H,20,23). The van der Waals surface area contributed by atoms with Gasteiger partial charge in [-0.15, -0.1) is 11.3 Å². The van der Waals surface area contributed by atoms with Gasteiger partial charge in [0.25, 0.3) is 5.56 Å². The van der Waals surface area contributed by atoms with Crippen molar-refractivity contribution in [2.45, 2.75) is 64.6 Å². The highest BCUT2D eigenvalue weighted by molar-refractivity contribution is 7.99. The van der Waals surface area contributed by atoms with Crippen LogP contribution in [0.5, 0.6) is 0 Å². The summed E-state index contributed by atoms with van der Waals surface area (Å²) in [4.78, 5) is 32.0. The van der Waals surface area contributed by atoms with Crippen molar-refractivity contribution in [3.05, 3.63) is 20.8 Å². The molecule has 1 unspecified atom stereocenters. The third kappa shape index (κ3) is 3.98. The number of rotatable bonds is 7. The van der Waals surface area contributed by atoms with Gasteiger partial charge in [0.15, 0.2) is 5.16 Å². The van der Waals surface area contributed by atoms with E-state index in [1.54, 1.807) is 15.9 Å². The van der Waals surface area contributed by atoms with E-state index >= 15 is 0 Å². The Kier molecular flexibility index (Phi) is 6.40. The summed E-state index contributed by atoms with van der Waals surface area (Å²) in [6, 6.07) is 0. The SMILES string of the molecule is CCCCNC(=O)CSc1nc2sc3c(c2c(=O)n1CC)CCC(C)C3. The molecule has 0 fully saturated rings. The van der Waals surface area contributed by atoms with Crippen LogP contribution >= 0.6 is 23.1 Å². The summed E-state index contributed by atoms with van der Waals surface area (Å²) >= 11 is 3.02. The topological polar surface area (TPSA) is 64.0 Å². The van der Waals surface area contributed by atoms with Gasteiger partial charge in [-0.25, -0.2) is 4.98 Å². The van der Waals surface area contributed by atoms with Gasteiger partial charge in [0.2, 0.25) is 5.91 Å². The summed E-state index contributed by atoms with van der Waals surface area (Å²) in [5.41, 5.74) is 1.27. The maximum Gasteiger partial charge on any atom is 0.263 e.